The van der Waals surface area contributed by atoms with Crippen LogP contribution in [0.25, 0.3) is 0 Å². The lowest BCUT2D eigenvalue weighted by molar-refractivity contribution is 0.158. The van der Waals surface area contributed by atoms with Crippen LogP contribution in [0.15, 0.2) is 17.3 Å². The van der Waals surface area contributed by atoms with Crippen molar-refractivity contribution in [3.8, 4) is 0 Å². The van der Waals surface area contributed by atoms with E-state index in [1.807, 2.05) is 19.1 Å². The summed E-state index contributed by atoms with van der Waals surface area (Å²) in [6.45, 7) is 2.77. The van der Waals surface area contributed by atoms with Crippen molar-refractivity contribution >= 4 is 12.3 Å². The molecule has 1 N–H and O–H groups in total. The molecule has 1 heterocycles. The molecule has 5 nitrogen and oxygen atoms in total. The van der Waals surface area contributed by atoms with Gasteiger partial charge in [0.1, 0.15) is 12.6 Å². The molecule has 1 aliphatic rings. The predicted octanol–water partition coefficient (Wildman–Crippen LogP) is 1.23. The predicted molar refractivity (Wildman–Crippen MR) is 51.6 cm³/mol. The van der Waals surface area contributed by atoms with Crippen molar-refractivity contribution in [2.75, 3.05) is 13.2 Å². The molecule has 1 saturated heterocycles. The highest BCUT2D eigenvalue weighted by molar-refractivity contribution is 5.78. The van der Waals surface area contributed by atoms with E-state index in [2.05, 4.69) is 5.16 Å². The van der Waals surface area contributed by atoms with Crippen molar-refractivity contribution in [3.05, 3.63) is 12.2 Å². The number of carbonyl (C=O) groups excluding carboxylic acids is 1. The van der Waals surface area contributed by atoms with Crippen LogP contribution < -0.4 is 0 Å². The molecule has 0 aliphatic carbocycles. The molecule has 0 aromatic carbocycles. The average molecular weight is 198 g/mol. The Morgan fingerprint density at radius 3 is 3.21 bits per heavy atom. The summed E-state index contributed by atoms with van der Waals surface area (Å²) >= 11 is 0. The third-order valence-corrected chi connectivity index (χ3v) is 2.02. The van der Waals surface area contributed by atoms with E-state index in [0.717, 1.165) is 6.42 Å². The molecular weight excluding hydrogens is 184 g/mol. The Kier molecular flexibility index (Phi) is 3.97. The molecule has 1 unspecified atom stereocenters. The fraction of sp³-hybridized carbons (Fsp3) is 0.556. The van der Waals surface area contributed by atoms with E-state index in [-0.39, 0.29) is 18.7 Å². The van der Waals surface area contributed by atoms with Crippen molar-refractivity contribution < 1.29 is 14.7 Å². The summed E-state index contributed by atoms with van der Waals surface area (Å²) in [6, 6.07) is -0.238. The van der Waals surface area contributed by atoms with Gasteiger partial charge in [0, 0.05) is 6.54 Å². The molecule has 0 aromatic heterocycles. The molecule has 1 fully saturated rings. The molecule has 1 rings (SSSR count). The van der Waals surface area contributed by atoms with Gasteiger partial charge in [0.05, 0.1) is 6.21 Å². The first kappa shape index (κ1) is 10.6. The molecule has 1 atom stereocenters. The van der Waals surface area contributed by atoms with Gasteiger partial charge in [-0.1, -0.05) is 17.3 Å². The van der Waals surface area contributed by atoms with E-state index in [4.69, 9.17) is 9.94 Å². The van der Waals surface area contributed by atoms with Crippen molar-refractivity contribution in [3.63, 3.8) is 0 Å². The van der Waals surface area contributed by atoms with Crippen LogP contribution in [0.1, 0.15) is 13.3 Å². The Morgan fingerprint density at radius 1 is 1.79 bits per heavy atom. The highest BCUT2D eigenvalue weighted by atomic mass is 16.6. The lowest BCUT2D eigenvalue weighted by Crippen LogP contribution is -2.35. The number of carbonyl (C=O) groups is 1. The topological polar surface area (TPSA) is 62.1 Å². The SMILES string of the molecule is C/C=C/CCN1C(=O)OCC1/C=N/O. The van der Waals surface area contributed by atoms with Gasteiger partial charge in [-0.2, -0.15) is 0 Å². The molecule has 1 aliphatic heterocycles. The highest BCUT2D eigenvalue weighted by Gasteiger charge is 2.30. The van der Waals surface area contributed by atoms with Gasteiger partial charge >= 0.3 is 6.09 Å². The van der Waals surface area contributed by atoms with Gasteiger partial charge in [0.25, 0.3) is 0 Å². The van der Waals surface area contributed by atoms with Crippen LogP contribution in [0.5, 0.6) is 0 Å². The van der Waals surface area contributed by atoms with Crippen molar-refractivity contribution in [1.82, 2.24) is 4.90 Å². The van der Waals surface area contributed by atoms with Gasteiger partial charge in [0.2, 0.25) is 0 Å². The largest absolute Gasteiger partial charge is 0.447 e. The zero-order chi connectivity index (χ0) is 10.4. The number of amides is 1. The first-order valence-electron chi connectivity index (χ1n) is 4.51. The Labute approximate surface area is 82.6 Å². The first-order valence-corrected chi connectivity index (χ1v) is 4.51. The van der Waals surface area contributed by atoms with Gasteiger partial charge in [-0.25, -0.2) is 4.79 Å². The van der Waals surface area contributed by atoms with Crippen LogP contribution in [0, 0.1) is 0 Å². The molecule has 0 radical (unpaired) electrons. The minimum Gasteiger partial charge on any atom is -0.447 e. The van der Waals surface area contributed by atoms with E-state index >= 15 is 0 Å². The van der Waals surface area contributed by atoms with Gasteiger partial charge in [-0.05, 0) is 13.3 Å². The zero-order valence-corrected chi connectivity index (χ0v) is 8.09. The Balaban J connectivity index is 2.49. The number of hydrogen-bond donors (Lipinski definition) is 1. The van der Waals surface area contributed by atoms with E-state index in [1.54, 1.807) is 4.90 Å². The van der Waals surface area contributed by atoms with E-state index in [0.29, 0.717) is 6.54 Å². The second-order valence-electron chi connectivity index (χ2n) is 2.96. The maximum atomic E-state index is 11.2. The van der Waals surface area contributed by atoms with Crippen molar-refractivity contribution in [2.45, 2.75) is 19.4 Å². The third kappa shape index (κ3) is 2.48. The van der Waals surface area contributed by atoms with Crippen LogP contribution in [-0.4, -0.2) is 41.6 Å². The lowest BCUT2D eigenvalue weighted by Gasteiger charge is -2.16. The highest BCUT2D eigenvalue weighted by Crippen LogP contribution is 2.11. The summed E-state index contributed by atoms with van der Waals surface area (Å²) in [5, 5.41) is 11.3. The fourth-order valence-electron chi connectivity index (χ4n) is 1.30. The number of ether oxygens (including phenoxy) is 1. The van der Waals surface area contributed by atoms with Crippen LogP contribution >= 0.6 is 0 Å². The van der Waals surface area contributed by atoms with Crippen LogP contribution in [0.3, 0.4) is 0 Å². The molecule has 0 bridgehead atoms. The first-order chi connectivity index (χ1) is 6.79. The van der Waals surface area contributed by atoms with Crippen molar-refractivity contribution in [1.29, 1.82) is 0 Å². The van der Waals surface area contributed by atoms with Gasteiger partial charge < -0.3 is 9.94 Å². The molecular formula is C9H14N2O3. The van der Waals surface area contributed by atoms with Crippen LogP contribution in [-0.2, 0) is 4.74 Å². The normalized spacial score (nSPS) is 22.5. The summed E-state index contributed by atoms with van der Waals surface area (Å²) in [7, 11) is 0. The minimum atomic E-state index is -0.348. The van der Waals surface area contributed by atoms with E-state index < -0.39 is 0 Å². The van der Waals surface area contributed by atoms with E-state index in [1.165, 1.54) is 6.21 Å². The van der Waals surface area contributed by atoms with Crippen molar-refractivity contribution in [2.24, 2.45) is 5.16 Å². The molecule has 1 amide bonds. The van der Waals surface area contributed by atoms with Gasteiger partial charge in [-0.15, -0.1) is 0 Å². The van der Waals surface area contributed by atoms with Crippen LogP contribution in [0.4, 0.5) is 4.79 Å². The van der Waals surface area contributed by atoms with Crippen LogP contribution in [0.2, 0.25) is 0 Å². The molecule has 0 aromatic rings. The number of allylic oxidation sites excluding steroid dienone is 1. The summed E-state index contributed by atoms with van der Waals surface area (Å²) in [5.41, 5.74) is 0. The number of oxime groups is 1. The van der Waals surface area contributed by atoms with Gasteiger partial charge in [0.15, 0.2) is 0 Å². The summed E-state index contributed by atoms with van der Waals surface area (Å²) in [6.07, 6.45) is 5.64. The third-order valence-electron chi connectivity index (χ3n) is 2.02. The average Bonchev–Trinajstić information content (AvgIpc) is 2.50. The molecule has 14 heavy (non-hydrogen) atoms. The summed E-state index contributed by atoms with van der Waals surface area (Å²) < 4.78 is 4.82. The number of nitrogens with zero attached hydrogens (tertiary/aromatic N) is 2. The molecule has 0 spiro atoms. The number of cyclic esters (lactones) is 1. The van der Waals surface area contributed by atoms with Gasteiger partial charge in [-0.3, -0.25) is 4.90 Å². The fourth-order valence-corrected chi connectivity index (χ4v) is 1.30. The Morgan fingerprint density at radius 2 is 2.57 bits per heavy atom. The Hall–Kier alpha value is -1.52. The second kappa shape index (κ2) is 5.26. The summed E-state index contributed by atoms with van der Waals surface area (Å²) in [4.78, 5) is 12.7. The minimum absolute atomic E-state index is 0.238. The lowest BCUT2D eigenvalue weighted by atomic mass is 10.3. The number of rotatable bonds is 4. The Bertz CT molecular complexity index is 250. The number of hydrogen-bond acceptors (Lipinski definition) is 4. The standard InChI is InChI=1S/C9H14N2O3/c1-2-3-4-5-11-8(6-10-13)7-14-9(11)12/h2-3,6,8,13H,4-5,7H2,1H3/b3-2+,10-6+. The zero-order valence-electron chi connectivity index (χ0n) is 8.09. The smallest absolute Gasteiger partial charge is 0.410 e. The summed E-state index contributed by atoms with van der Waals surface area (Å²) in [5.74, 6) is 0. The maximum Gasteiger partial charge on any atom is 0.410 e. The monoisotopic (exact) mass is 198 g/mol. The maximum absolute atomic E-state index is 11.2. The van der Waals surface area contributed by atoms with E-state index in [9.17, 15) is 4.79 Å². The quantitative estimate of drug-likeness (QED) is 0.320. The second-order valence-corrected chi connectivity index (χ2v) is 2.96. The molecule has 78 valence electrons. The molecule has 0 saturated carbocycles. The molecule has 5 heteroatoms.